The van der Waals surface area contributed by atoms with Crippen molar-refractivity contribution in [3.8, 4) is 0 Å². The van der Waals surface area contributed by atoms with Crippen LogP contribution in [0.2, 0.25) is 0 Å². The SMILES string of the molecule is CCOC(CCSCCC(C)C)C(=O)O. The Labute approximate surface area is 96.6 Å². The average molecular weight is 234 g/mol. The number of hydrogen-bond donors (Lipinski definition) is 1. The summed E-state index contributed by atoms with van der Waals surface area (Å²) in [5.74, 6) is 1.85. The zero-order chi connectivity index (χ0) is 11.7. The van der Waals surface area contributed by atoms with E-state index in [4.69, 9.17) is 9.84 Å². The van der Waals surface area contributed by atoms with Crippen molar-refractivity contribution in [3.63, 3.8) is 0 Å². The van der Waals surface area contributed by atoms with E-state index in [0.717, 1.165) is 17.4 Å². The van der Waals surface area contributed by atoms with Gasteiger partial charge in [0.1, 0.15) is 0 Å². The Morgan fingerprint density at radius 3 is 2.40 bits per heavy atom. The molecule has 0 aliphatic rings. The molecule has 1 atom stereocenters. The van der Waals surface area contributed by atoms with Crippen molar-refractivity contribution in [2.24, 2.45) is 5.92 Å². The first-order valence-electron chi connectivity index (χ1n) is 5.50. The van der Waals surface area contributed by atoms with Crippen LogP contribution >= 0.6 is 11.8 Å². The van der Waals surface area contributed by atoms with Crippen molar-refractivity contribution >= 4 is 17.7 Å². The number of carbonyl (C=O) groups is 1. The highest BCUT2D eigenvalue weighted by Crippen LogP contribution is 2.12. The van der Waals surface area contributed by atoms with Gasteiger partial charge in [-0.05, 0) is 37.2 Å². The summed E-state index contributed by atoms with van der Waals surface area (Å²) in [6, 6.07) is 0. The highest BCUT2D eigenvalue weighted by Gasteiger charge is 2.16. The van der Waals surface area contributed by atoms with Crippen molar-refractivity contribution in [2.45, 2.75) is 39.7 Å². The Morgan fingerprint density at radius 2 is 1.93 bits per heavy atom. The van der Waals surface area contributed by atoms with Gasteiger partial charge in [0.05, 0.1) is 0 Å². The van der Waals surface area contributed by atoms with Gasteiger partial charge in [0.25, 0.3) is 0 Å². The van der Waals surface area contributed by atoms with Crippen molar-refractivity contribution in [1.29, 1.82) is 0 Å². The van der Waals surface area contributed by atoms with Crippen LogP contribution in [0, 0.1) is 5.92 Å². The second-order valence-electron chi connectivity index (χ2n) is 3.87. The van der Waals surface area contributed by atoms with Gasteiger partial charge >= 0.3 is 5.97 Å². The summed E-state index contributed by atoms with van der Waals surface area (Å²) in [5, 5.41) is 8.81. The third-order valence-corrected chi connectivity index (χ3v) is 3.06. The molecule has 0 heterocycles. The lowest BCUT2D eigenvalue weighted by atomic mass is 10.2. The summed E-state index contributed by atoms with van der Waals surface area (Å²) in [6.45, 7) is 6.68. The van der Waals surface area contributed by atoms with Crippen LogP contribution in [0.15, 0.2) is 0 Å². The summed E-state index contributed by atoms with van der Waals surface area (Å²) >= 11 is 1.81. The third-order valence-electron chi connectivity index (χ3n) is 2.01. The molecule has 0 aromatic carbocycles. The average Bonchev–Trinajstić information content (AvgIpc) is 2.15. The first-order chi connectivity index (χ1) is 7.07. The first-order valence-corrected chi connectivity index (χ1v) is 6.65. The van der Waals surface area contributed by atoms with Crippen LogP contribution in [0.25, 0.3) is 0 Å². The fourth-order valence-electron chi connectivity index (χ4n) is 1.09. The predicted molar refractivity (Wildman–Crippen MR) is 64.4 cm³/mol. The molecule has 0 radical (unpaired) electrons. The molecule has 1 unspecified atom stereocenters. The minimum absolute atomic E-state index is 0.466. The summed E-state index contributed by atoms with van der Waals surface area (Å²) in [5.41, 5.74) is 0. The second kappa shape index (κ2) is 9.04. The van der Waals surface area contributed by atoms with Gasteiger partial charge in [-0.25, -0.2) is 4.79 Å². The lowest BCUT2D eigenvalue weighted by Gasteiger charge is -2.11. The summed E-state index contributed by atoms with van der Waals surface area (Å²) < 4.78 is 5.12. The molecule has 0 rings (SSSR count). The quantitative estimate of drug-likeness (QED) is 0.623. The molecule has 0 saturated heterocycles. The molecule has 90 valence electrons. The number of carboxylic acid groups (broad SMARTS) is 1. The van der Waals surface area contributed by atoms with Gasteiger partial charge < -0.3 is 9.84 Å². The molecule has 0 saturated carbocycles. The van der Waals surface area contributed by atoms with Gasteiger partial charge in [-0.3, -0.25) is 0 Å². The molecular formula is C11H22O3S. The normalized spacial score (nSPS) is 13.1. The van der Waals surface area contributed by atoms with E-state index < -0.39 is 12.1 Å². The zero-order valence-electron chi connectivity index (χ0n) is 9.86. The largest absolute Gasteiger partial charge is 0.479 e. The Morgan fingerprint density at radius 1 is 1.33 bits per heavy atom. The lowest BCUT2D eigenvalue weighted by molar-refractivity contribution is -0.150. The maximum absolute atomic E-state index is 10.7. The van der Waals surface area contributed by atoms with Crippen LogP contribution in [-0.4, -0.2) is 35.3 Å². The Hall–Kier alpha value is -0.220. The molecule has 0 aromatic heterocycles. The van der Waals surface area contributed by atoms with Crippen LogP contribution in [-0.2, 0) is 9.53 Å². The van der Waals surface area contributed by atoms with Gasteiger partial charge in [-0.2, -0.15) is 11.8 Å². The fourth-order valence-corrected chi connectivity index (χ4v) is 2.31. The minimum atomic E-state index is -0.846. The molecule has 1 N–H and O–H groups in total. The standard InChI is InChI=1S/C11H22O3S/c1-4-14-10(11(12)13)6-8-15-7-5-9(2)3/h9-10H,4-8H2,1-3H3,(H,12,13). The maximum atomic E-state index is 10.7. The highest BCUT2D eigenvalue weighted by atomic mass is 32.2. The predicted octanol–water partition coefficient (Wildman–Crippen LogP) is 2.65. The summed E-state index contributed by atoms with van der Waals surface area (Å²) in [7, 11) is 0. The van der Waals surface area contributed by atoms with Gasteiger partial charge in [0.2, 0.25) is 0 Å². The summed E-state index contributed by atoms with van der Waals surface area (Å²) in [6.07, 6.45) is 1.17. The molecule has 0 aliphatic carbocycles. The van der Waals surface area contributed by atoms with Gasteiger partial charge in [0.15, 0.2) is 6.10 Å². The van der Waals surface area contributed by atoms with Crippen molar-refractivity contribution in [1.82, 2.24) is 0 Å². The number of hydrogen-bond acceptors (Lipinski definition) is 3. The second-order valence-corrected chi connectivity index (χ2v) is 5.09. The molecule has 0 bridgehead atoms. The summed E-state index contributed by atoms with van der Waals surface area (Å²) in [4.78, 5) is 10.7. The zero-order valence-corrected chi connectivity index (χ0v) is 10.7. The fraction of sp³-hybridized carbons (Fsp3) is 0.909. The highest BCUT2D eigenvalue weighted by molar-refractivity contribution is 7.99. The maximum Gasteiger partial charge on any atom is 0.332 e. The number of thioether (sulfide) groups is 1. The molecule has 3 nitrogen and oxygen atoms in total. The van der Waals surface area contributed by atoms with E-state index in [2.05, 4.69) is 13.8 Å². The number of carboxylic acids is 1. The number of rotatable bonds is 9. The Balaban J connectivity index is 3.49. The molecular weight excluding hydrogens is 212 g/mol. The van der Waals surface area contributed by atoms with Crippen molar-refractivity contribution in [2.75, 3.05) is 18.1 Å². The van der Waals surface area contributed by atoms with E-state index >= 15 is 0 Å². The van der Waals surface area contributed by atoms with Gasteiger partial charge in [0, 0.05) is 6.61 Å². The first kappa shape index (κ1) is 14.8. The van der Waals surface area contributed by atoms with Crippen LogP contribution in [0.1, 0.15) is 33.6 Å². The third kappa shape index (κ3) is 8.75. The number of ether oxygens (including phenoxy) is 1. The van der Waals surface area contributed by atoms with Crippen molar-refractivity contribution < 1.29 is 14.6 Å². The van der Waals surface area contributed by atoms with Crippen LogP contribution < -0.4 is 0 Å². The lowest BCUT2D eigenvalue weighted by Crippen LogP contribution is -2.24. The molecule has 0 spiro atoms. The minimum Gasteiger partial charge on any atom is -0.479 e. The Kier molecular flexibility index (Phi) is 8.91. The van der Waals surface area contributed by atoms with Crippen LogP contribution in [0.5, 0.6) is 0 Å². The number of aliphatic carboxylic acids is 1. The smallest absolute Gasteiger partial charge is 0.332 e. The van der Waals surface area contributed by atoms with E-state index in [-0.39, 0.29) is 0 Å². The van der Waals surface area contributed by atoms with Crippen LogP contribution in [0.3, 0.4) is 0 Å². The Bertz CT molecular complexity index is 171. The molecule has 0 aromatic rings. The van der Waals surface area contributed by atoms with E-state index in [1.807, 2.05) is 18.7 Å². The van der Waals surface area contributed by atoms with E-state index in [0.29, 0.717) is 13.0 Å². The molecule has 0 amide bonds. The van der Waals surface area contributed by atoms with E-state index in [1.165, 1.54) is 6.42 Å². The molecule has 0 aliphatic heterocycles. The monoisotopic (exact) mass is 234 g/mol. The molecule has 0 fully saturated rings. The topological polar surface area (TPSA) is 46.5 Å². The van der Waals surface area contributed by atoms with Crippen molar-refractivity contribution in [3.05, 3.63) is 0 Å². The van der Waals surface area contributed by atoms with E-state index in [1.54, 1.807) is 0 Å². The van der Waals surface area contributed by atoms with Crippen LogP contribution in [0.4, 0.5) is 0 Å². The van der Waals surface area contributed by atoms with Gasteiger partial charge in [-0.15, -0.1) is 0 Å². The van der Waals surface area contributed by atoms with Gasteiger partial charge in [-0.1, -0.05) is 13.8 Å². The van der Waals surface area contributed by atoms with E-state index in [9.17, 15) is 4.79 Å². The molecule has 15 heavy (non-hydrogen) atoms. The molecule has 4 heteroatoms.